The van der Waals surface area contributed by atoms with E-state index >= 15 is 0 Å². The van der Waals surface area contributed by atoms with Crippen LogP contribution in [0.25, 0.3) is 22.9 Å². The van der Waals surface area contributed by atoms with Crippen molar-refractivity contribution in [3.63, 3.8) is 0 Å². The molecule has 0 aliphatic carbocycles. The molecule has 0 saturated carbocycles. The van der Waals surface area contributed by atoms with Gasteiger partial charge in [0.1, 0.15) is 0 Å². The van der Waals surface area contributed by atoms with Crippen LogP contribution in [0.15, 0.2) is 83.5 Å². The number of esters is 1. The standard InChI is InChI=1S/C23H17NO2/c1-16-9-11-17(12-10-16)13-14-22-24-21(23(25)26-22)15-19-7-4-6-18-5-2-3-8-20(18)19/h2-15H,1H3. The molecule has 3 aromatic rings. The number of aliphatic imine (C=N–C) groups is 1. The van der Waals surface area contributed by atoms with E-state index in [9.17, 15) is 4.79 Å². The monoisotopic (exact) mass is 339 g/mol. The van der Waals surface area contributed by atoms with Gasteiger partial charge in [-0.25, -0.2) is 9.79 Å². The van der Waals surface area contributed by atoms with Crippen LogP contribution in [-0.2, 0) is 9.53 Å². The van der Waals surface area contributed by atoms with Gasteiger partial charge in [-0.1, -0.05) is 72.3 Å². The van der Waals surface area contributed by atoms with Gasteiger partial charge in [0, 0.05) is 6.08 Å². The highest BCUT2D eigenvalue weighted by atomic mass is 16.6. The lowest BCUT2D eigenvalue weighted by atomic mass is 10.0. The maximum atomic E-state index is 12.1. The molecule has 26 heavy (non-hydrogen) atoms. The lowest BCUT2D eigenvalue weighted by molar-refractivity contribution is -0.129. The van der Waals surface area contributed by atoms with Gasteiger partial charge < -0.3 is 4.74 Å². The van der Waals surface area contributed by atoms with E-state index in [0.717, 1.165) is 21.9 Å². The first kappa shape index (κ1) is 16.0. The molecule has 0 amide bonds. The van der Waals surface area contributed by atoms with Crippen LogP contribution in [0.2, 0.25) is 0 Å². The largest absolute Gasteiger partial charge is 0.403 e. The second-order valence-corrected chi connectivity index (χ2v) is 6.18. The Morgan fingerprint density at radius 1 is 0.885 bits per heavy atom. The van der Waals surface area contributed by atoms with Crippen LogP contribution in [0.4, 0.5) is 0 Å². The van der Waals surface area contributed by atoms with Crippen LogP contribution in [0, 0.1) is 6.92 Å². The third-order valence-electron chi connectivity index (χ3n) is 4.25. The summed E-state index contributed by atoms with van der Waals surface area (Å²) in [6, 6.07) is 22.1. The molecule has 0 spiro atoms. The average Bonchev–Trinajstić information content (AvgIpc) is 3.01. The van der Waals surface area contributed by atoms with Crippen LogP contribution in [0.1, 0.15) is 16.7 Å². The maximum Gasteiger partial charge on any atom is 0.363 e. The third-order valence-corrected chi connectivity index (χ3v) is 4.25. The fourth-order valence-corrected chi connectivity index (χ4v) is 2.87. The molecule has 0 fully saturated rings. The molecule has 3 aromatic carbocycles. The van der Waals surface area contributed by atoms with Crippen LogP contribution >= 0.6 is 0 Å². The van der Waals surface area contributed by atoms with E-state index < -0.39 is 5.97 Å². The molecule has 1 heterocycles. The normalized spacial score (nSPS) is 15.7. The number of cyclic esters (lactones) is 1. The van der Waals surface area contributed by atoms with Crippen molar-refractivity contribution in [2.75, 3.05) is 0 Å². The van der Waals surface area contributed by atoms with E-state index in [2.05, 4.69) is 4.99 Å². The molecule has 1 aliphatic heterocycles. The third kappa shape index (κ3) is 3.33. The van der Waals surface area contributed by atoms with Crippen molar-refractivity contribution in [1.82, 2.24) is 0 Å². The van der Waals surface area contributed by atoms with Gasteiger partial charge in [0.05, 0.1) is 0 Å². The number of ether oxygens (including phenoxy) is 1. The van der Waals surface area contributed by atoms with Gasteiger partial charge >= 0.3 is 5.97 Å². The van der Waals surface area contributed by atoms with Gasteiger partial charge in [-0.2, -0.15) is 0 Å². The van der Waals surface area contributed by atoms with E-state index in [1.54, 1.807) is 12.2 Å². The number of fused-ring (bicyclic) bond motifs is 1. The fraction of sp³-hybridized carbons (Fsp3) is 0.0435. The second-order valence-electron chi connectivity index (χ2n) is 6.18. The first-order valence-electron chi connectivity index (χ1n) is 8.44. The number of hydrogen-bond acceptors (Lipinski definition) is 3. The van der Waals surface area contributed by atoms with Crippen molar-refractivity contribution in [2.24, 2.45) is 4.99 Å². The fourth-order valence-electron chi connectivity index (χ4n) is 2.87. The Morgan fingerprint density at radius 2 is 1.65 bits per heavy atom. The number of benzene rings is 3. The van der Waals surface area contributed by atoms with E-state index in [4.69, 9.17) is 4.74 Å². The highest BCUT2D eigenvalue weighted by Crippen LogP contribution is 2.23. The van der Waals surface area contributed by atoms with Crippen molar-refractivity contribution in [2.45, 2.75) is 6.92 Å². The molecule has 0 radical (unpaired) electrons. The average molecular weight is 339 g/mol. The van der Waals surface area contributed by atoms with E-state index in [1.807, 2.05) is 79.7 Å². The van der Waals surface area contributed by atoms with Gasteiger partial charge in [0.15, 0.2) is 5.70 Å². The molecule has 0 bridgehead atoms. The zero-order chi connectivity index (χ0) is 17.9. The number of nitrogens with zero attached hydrogens (tertiary/aromatic N) is 1. The summed E-state index contributed by atoms with van der Waals surface area (Å²) in [5.74, 6) is -0.122. The molecule has 0 saturated heterocycles. The first-order valence-corrected chi connectivity index (χ1v) is 8.44. The van der Waals surface area contributed by atoms with Crippen molar-refractivity contribution < 1.29 is 9.53 Å². The summed E-state index contributed by atoms with van der Waals surface area (Å²) in [6.07, 6.45) is 5.37. The highest BCUT2D eigenvalue weighted by Gasteiger charge is 2.21. The van der Waals surface area contributed by atoms with Gasteiger partial charge in [-0.15, -0.1) is 0 Å². The van der Waals surface area contributed by atoms with E-state index in [0.29, 0.717) is 11.6 Å². The zero-order valence-electron chi connectivity index (χ0n) is 14.3. The van der Waals surface area contributed by atoms with Crippen LogP contribution in [0.3, 0.4) is 0 Å². The molecule has 3 nitrogen and oxygen atoms in total. The Hall–Kier alpha value is -3.46. The summed E-state index contributed by atoms with van der Waals surface area (Å²) in [5, 5.41) is 2.20. The van der Waals surface area contributed by atoms with Crippen LogP contribution < -0.4 is 0 Å². The first-order chi connectivity index (χ1) is 12.7. The molecule has 126 valence electrons. The molecule has 1 aliphatic rings. The van der Waals surface area contributed by atoms with Crippen molar-refractivity contribution in [3.05, 3.63) is 95.2 Å². The minimum absolute atomic E-state index is 0.307. The maximum absolute atomic E-state index is 12.1. The molecule has 0 N–H and O–H groups in total. The molecular weight excluding hydrogens is 322 g/mol. The Kier molecular flexibility index (Phi) is 4.20. The van der Waals surface area contributed by atoms with Gasteiger partial charge in [-0.3, -0.25) is 0 Å². The summed E-state index contributed by atoms with van der Waals surface area (Å²) in [5.41, 5.74) is 3.49. The van der Waals surface area contributed by atoms with E-state index in [-0.39, 0.29) is 0 Å². The second kappa shape index (κ2) is 6.81. The Labute approximate surface area is 152 Å². The number of aryl methyl sites for hydroxylation is 1. The van der Waals surface area contributed by atoms with E-state index in [1.165, 1.54) is 5.56 Å². The molecule has 3 heteroatoms. The lowest BCUT2D eigenvalue weighted by Crippen LogP contribution is -2.01. The molecular formula is C23H17NO2. The predicted molar refractivity (Wildman–Crippen MR) is 106 cm³/mol. The SMILES string of the molecule is Cc1ccc(C=CC2=NC(=Cc3cccc4ccccc34)C(=O)O2)cc1. The Morgan fingerprint density at radius 3 is 2.50 bits per heavy atom. The summed E-state index contributed by atoms with van der Waals surface area (Å²) in [6.45, 7) is 2.04. The number of rotatable bonds is 3. The minimum Gasteiger partial charge on any atom is -0.403 e. The quantitative estimate of drug-likeness (QED) is 0.488. The highest BCUT2D eigenvalue weighted by molar-refractivity contribution is 6.12. The van der Waals surface area contributed by atoms with Crippen LogP contribution in [-0.4, -0.2) is 11.9 Å². The molecule has 0 unspecified atom stereocenters. The smallest absolute Gasteiger partial charge is 0.363 e. The lowest BCUT2D eigenvalue weighted by Gasteiger charge is -2.01. The van der Waals surface area contributed by atoms with Crippen molar-refractivity contribution in [3.8, 4) is 0 Å². The molecule has 0 atom stereocenters. The summed E-state index contributed by atoms with van der Waals surface area (Å²) < 4.78 is 5.26. The summed E-state index contributed by atoms with van der Waals surface area (Å²) >= 11 is 0. The Balaban J connectivity index is 1.63. The topological polar surface area (TPSA) is 38.7 Å². The number of carbonyl (C=O) groups excluding carboxylic acids is 1. The number of carbonyl (C=O) groups is 1. The summed E-state index contributed by atoms with van der Waals surface area (Å²) in [4.78, 5) is 16.5. The van der Waals surface area contributed by atoms with Crippen LogP contribution in [0.5, 0.6) is 0 Å². The van der Waals surface area contributed by atoms with Gasteiger partial charge in [0.25, 0.3) is 0 Å². The van der Waals surface area contributed by atoms with Crippen molar-refractivity contribution in [1.29, 1.82) is 0 Å². The molecule has 0 aromatic heterocycles. The predicted octanol–water partition coefficient (Wildman–Crippen LogP) is 5.16. The molecule has 4 rings (SSSR count). The summed E-state index contributed by atoms with van der Waals surface area (Å²) in [7, 11) is 0. The van der Waals surface area contributed by atoms with Crippen molar-refractivity contribution >= 4 is 34.8 Å². The minimum atomic E-state index is -0.429. The van der Waals surface area contributed by atoms with Gasteiger partial charge in [-0.05, 0) is 41.0 Å². The zero-order valence-corrected chi connectivity index (χ0v) is 14.3. The van der Waals surface area contributed by atoms with Gasteiger partial charge in [0.2, 0.25) is 5.90 Å². The Bertz CT molecular complexity index is 1070. The number of hydrogen-bond donors (Lipinski definition) is 0.